The predicted molar refractivity (Wildman–Crippen MR) is 79.9 cm³/mol. The Hall–Kier alpha value is -2.62. The molecular formula is C16H14N2O2. The minimum absolute atomic E-state index is 0.246. The number of aromatic nitrogens is 2. The number of hydrogen-bond acceptors (Lipinski definition) is 2. The van der Waals surface area contributed by atoms with Gasteiger partial charge in [0, 0.05) is 6.54 Å². The molecule has 0 saturated carbocycles. The monoisotopic (exact) mass is 266 g/mol. The van der Waals surface area contributed by atoms with Crippen LogP contribution in [0.5, 0.6) is 0 Å². The molecule has 0 spiro atoms. The first-order valence-corrected chi connectivity index (χ1v) is 6.53. The van der Waals surface area contributed by atoms with Crippen molar-refractivity contribution in [1.82, 2.24) is 9.55 Å². The molecule has 1 N–H and O–H groups in total. The Labute approximate surface area is 115 Å². The maximum atomic E-state index is 12.3. The molecule has 1 heterocycles. The molecule has 100 valence electrons. The molecule has 20 heavy (non-hydrogen) atoms. The number of H-pyrrole nitrogens is 1. The third kappa shape index (κ3) is 1.95. The second kappa shape index (κ2) is 4.81. The van der Waals surface area contributed by atoms with Crippen LogP contribution in [0.4, 0.5) is 0 Å². The number of rotatable bonds is 2. The number of benzene rings is 2. The minimum Gasteiger partial charge on any atom is -0.307 e. The fourth-order valence-corrected chi connectivity index (χ4v) is 2.35. The van der Waals surface area contributed by atoms with Gasteiger partial charge in [0.25, 0.3) is 5.56 Å². The Morgan fingerprint density at radius 3 is 2.45 bits per heavy atom. The minimum atomic E-state index is -0.363. The lowest BCUT2D eigenvalue weighted by Gasteiger charge is -2.06. The van der Waals surface area contributed by atoms with Crippen LogP contribution in [0.3, 0.4) is 0 Å². The van der Waals surface area contributed by atoms with Crippen LogP contribution in [0.15, 0.2) is 58.1 Å². The van der Waals surface area contributed by atoms with Crippen LogP contribution in [0, 0.1) is 0 Å². The van der Waals surface area contributed by atoms with Crippen molar-refractivity contribution in [3.05, 3.63) is 69.4 Å². The fourth-order valence-electron chi connectivity index (χ4n) is 2.35. The molecule has 4 heteroatoms. The molecule has 0 radical (unpaired) electrons. The maximum Gasteiger partial charge on any atom is 0.328 e. The van der Waals surface area contributed by atoms with Crippen LogP contribution in [0.1, 0.15) is 6.92 Å². The molecule has 0 fully saturated rings. The standard InChI is InChI=1S/C16H14N2O2/c1-2-18-15(19)13-10-12(11-6-4-3-5-7-11)8-9-14(13)17-16(18)20/h3-10H,2H2,1H3,(H,17,20). The van der Waals surface area contributed by atoms with Gasteiger partial charge in [-0.2, -0.15) is 0 Å². The number of hydrogen-bond donors (Lipinski definition) is 1. The highest BCUT2D eigenvalue weighted by Crippen LogP contribution is 2.21. The molecule has 0 saturated heterocycles. The first-order chi connectivity index (χ1) is 9.70. The Balaban J connectivity index is 2.31. The summed E-state index contributed by atoms with van der Waals surface area (Å²) >= 11 is 0. The van der Waals surface area contributed by atoms with Crippen LogP contribution in [-0.2, 0) is 6.54 Å². The number of nitrogens with one attached hydrogen (secondary N) is 1. The molecule has 0 unspecified atom stereocenters. The van der Waals surface area contributed by atoms with Crippen LogP contribution in [-0.4, -0.2) is 9.55 Å². The van der Waals surface area contributed by atoms with Crippen LogP contribution < -0.4 is 11.2 Å². The average Bonchev–Trinajstić information content (AvgIpc) is 2.48. The quantitative estimate of drug-likeness (QED) is 0.774. The maximum absolute atomic E-state index is 12.3. The summed E-state index contributed by atoms with van der Waals surface area (Å²) < 4.78 is 1.21. The second-order valence-electron chi connectivity index (χ2n) is 4.61. The highest BCUT2D eigenvalue weighted by Gasteiger charge is 2.07. The van der Waals surface area contributed by atoms with Crippen molar-refractivity contribution in [3.63, 3.8) is 0 Å². The van der Waals surface area contributed by atoms with E-state index in [1.807, 2.05) is 42.5 Å². The Bertz CT molecular complexity index is 876. The van der Waals surface area contributed by atoms with Gasteiger partial charge in [0.2, 0.25) is 0 Å². The lowest BCUT2D eigenvalue weighted by molar-refractivity contribution is 0.684. The summed E-state index contributed by atoms with van der Waals surface area (Å²) in [6, 6.07) is 15.4. The zero-order valence-electron chi connectivity index (χ0n) is 11.1. The van der Waals surface area contributed by atoms with Crippen molar-refractivity contribution in [1.29, 1.82) is 0 Å². The van der Waals surface area contributed by atoms with E-state index in [1.54, 1.807) is 13.0 Å². The van der Waals surface area contributed by atoms with Gasteiger partial charge in [-0.15, -0.1) is 0 Å². The van der Waals surface area contributed by atoms with E-state index in [9.17, 15) is 9.59 Å². The van der Waals surface area contributed by atoms with Crippen molar-refractivity contribution in [2.24, 2.45) is 0 Å². The van der Waals surface area contributed by atoms with E-state index in [1.165, 1.54) is 4.57 Å². The predicted octanol–water partition coefficient (Wildman–Crippen LogP) is 2.38. The van der Waals surface area contributed by atoms with Gasteiger partial charge < -0.3 is 4.98 Å². The van der Waals surface area contributed by atoms with E-state index in [2.05, 4.69) is 4.98 Å². The number of fused-ring (bicyclic) bond motifs is 1. The lowest BCUT2D eigenvalue weighted by Crippen LogP contribution is -2.34. The first kappa shape index (κ1) is 12.4. The zero-order valence-corrected chi connectivity index (χ0v) is 11.1. The van der Waals surface area contributed by atoms with Crippen LogP contribution in [0.25, 0.3) is 22.0 Å². The molecule has 0 atom stereocenters. The van der Waals surface area contributed by atoms with Crippen molar-refractivity contribution in [3.8, 4) is 11.1 Å². The van der Waals surface area contributed by atoms with Gasteiger partial charge in [-0.3, -0.25) is 9.36 Å². The van der Waals surface area contributed by atoms with Crippen molar-refractivity contribution < 1.29 is 0 Å². The normalized spacial score (nSPS) is 10.8. The summed E-state index contributed by atoms with van der Waals surface area (Å²) in [4.78, 5) is 26.8. The van der Waals surface area contributed by atoms with Crippen molar-refractivity contribution in [2.45, 2.75) is 13.5 Å². The summed E-state index contributed by atoms with van der Waals surface area (Å²) in [5, 5.41) is 0.535. The summed E-state index contributed by atoms with van der Waals surface area (Å²) in [5.74, 6) is 0. The average molecular weight is 266 g/mol. The van der Waals surface area contributed by atoms with E-state index in [0.717, 1.165) is 11.1 Å². The molecule has 4 nitrogen and oxygen atoms in total. The van der Waals surface area contributed by atoms with Gasteiger partial charge in [0.15, 0.2) is 0 Å². The van der Waals surface area contributed by atoms with Crippen LogP contribution >= 0.6 is 0 Å². The molecule has 0 amide bonds. The van der Waals surface area contributed by atoms with Crippen molar-refractivity contribution >= 4 is 10.9 Å². The van der Waals surface area contributed by atoms with Gasteiger partial charge >= 0.3 is 5.69 Å². The number of aromatic amines is 1. The molecule has 0 bridgehead atoms. The van der Waals surface area contributed by atoms with E-state index in [4.69, 9.17) is 0 Å². The van der Waals surface area contributed by atoms with Crippen molar-refractivity contribution in [2.75, 3.05) is 0 Å². The van der Waals surface area contributed by atoms with Gasteiger partial charge in [0.1, 0.15) is 0 Å². The van der Waals surface area contributed by atoms with Gasteiger partial charge in [-0.05, 0) is 30.2 Å². The second-order valence-corrected chi connectivity index (χ2v) is 4.61. The third-order valence-electron chi connectivity index (χ3n) is 3.41. The molecule has 1 aromatic heterocycles. The highest BCUT2D eigenvalue weighted by atomic mass is 16.2. The first-order valence-electron chi connectivity index (χ1n) is 6.53. The van der Waals surface area contributed by atoms with Gasteiger partial charge in [-0.1, -0.05) is 36.4 Å². The molecular weight excluding hydrogens is 252 g/mol. The van der Waals surface area contributed by atoms with E-state index in [0.29, 0.717) is 17.4 Å². The Morgan fingerprint density at radius 2 is 1.75 bits per heavy atom. The molecule has 3 aromatic rings. The highest BCUT2D eigenvalue weighted by molar-refractivity contribution is 5.83. The summed E-state index contributed by atoms with van der Waals surface area (Å²) in [7, 11) is 0. The Morgan fingerprint density at radius 1 is 1.00 bits per heavy atom. The van der Waals surface area contributed by atoms with E-state index >= 15 is 0 Å². The van der Waals surface area contributed by atoms with Crippen LogP contribution in [0.2, 0.25) is 0 Å². The summed E-state index contributed by atoms with van der Waals surface area (Å²) in [5.41, 5.74) is 1.97. The molecule has 0 aliphatic rings. The molecule has 3 rings (SSSR count). The third-order valence-corrected chi connectivity index (χ3v) is 3.41. The summed E-state index contributed by atoms with van der Waals surface area (Å²) in [6.07, 6.45) is 0. The molecule has 0 aliphatic heterocycles. The lowest BCUT2D eigenvalue weighted by atomic mass is 10.0. The topological polar surface area (TPSA) is 54.9 Å². The smallest absolute Gasteiger partial charge is 0.307 e. The molecule has 2 aromatic carbocycles. The SMILES string of the molecule is CCn1c(=O)[nH]c2ccc(-c3ccccc3)cc2c1=O. The molecule has 0 aliphatic carbocycles. The van der Waals surface area contributed by atoms with E-state index < -0.39 is 0 Å². The van der Waals surface area contributed by atoms with Gasteiger partial charge in [-0.25, -0.2) is 4.79 Å². The largest absolute Gasteiger partial charge is 0.328 e. The zero-order chi connectivity index (χ0) is 14.1. The van der Waals surface area contributed by atoms with E-state index in [-0.39, 0.29) is 11.2 Å². The Kier molecular flexibility index (Phi) is 2.99. The summed E-state index contributed by atoms with van der Waals surface area (Å²) in [6.45, 7) is 2.14. The number of nitrogens with zero attached hydrogens (tertiary/aromatic N) is 1. The van der Waals surface area contributed by atoms with Gasteiger partial charge in [0.05, 0.1) is 10.9 Å². The fraction of sp³-hybridized carbons (Fsp3) is 0.125.